The Morgan fingerprint density at radius 1 is 1.30 bits per heavy atom. The molecule has 1 aliphatic rings. The van der Waals surface area contributed by atoms with Gasteiger partial charge >= 0.3 is 0 Å². The number of aromatic nitrogens is 2. The average molecular weight is 326 g/mol. The maximum atomic E-state index is 4.37. The number of hydrogen-bond donors (Lipinski definition) is 1. The molecule has 0 fully saturated rings. The minimum absolute atomic E-state index is 0.531. The number of fused-ring (bicyclic) bond motifs is 1. The van der Waals surface area contributed by atoms with Crippen molar-refractivity contribution in [1.82, 2.24) is 15.5 Å². The monoisotopic (exact) mass is 325 g/mol. The molecule has 0 aromatic carbocycles. The molecule has 0 amide bonds. The molecule has 0 spiro atoms. The normalized spacial score (nSPS) is 14.8. The van der Waals surface area contributed by atoms with Crippen LogP contribution in [0.2, 0.25) is 0 Å². The summed E-state index contributed by atoms with van der Waals surface area (Å²) >= 11 is 5.68. The lowest BCUT2D eigenvalue weighted by molar-refractivity contribution is 0.588. The zero-order valence-corrected chi connectivity index (χ0v) is 14.3. The average Bonchev–Trinajstić information content (AvgIpc) is 3.03. The first kappa shape index (κ1) is 14.5. The largest absolute Gasteiger partial charge is 0.314 e. The quantitative estimate of drug-likeness (QED) is 0.911. The van der Waals surface area contributed by atoms with E-state index >= 15 is 0 Å². The molecule has 0 radical (unpaired) electrons. The molecule has 3 heterocycles. The Morgan fingerprint density at radius 3 is 3.00 bits per heavy atom. The highest BCUT2D eigenvalue weighted by Gasteiger charge is 2.16. The Bertz CT molecular complexity index is 550. The van der Waals surface area contributed by atoms with E-state index in [-0.39, 0.29) is 0 Å². The lowest BCUT2D eigenvalue weighted by Gasteiger charge is -2.08. The number of nitrogens with zero attached hydrogens (tertiary/aromatic N) is 2. The zero-order chi connectivity index (χ0) is 13.9. The first-order valence-corrected chi connectivity index (χ1v) is 9.76. The molecule has 3 rings (SSSR count). The second kappa shape index (κ2) is 6.56. The van der Waals surface area contributed by atoms with Crippen LogP contribution in [0.25, 0.3) is 9.88 Å². The van der Waals surface area contributed by atoms with E-state index in [4.69, 9.17) is 0 Å². The van der Waals surface area contributed by atoms with E-state index in [1.807, 2.05) is 23.1 Å². The van der Waals surface area contributed by atoms with Gasteiger partial charge in [-0.25, -0.2) is 0 Å². The van der Waals surface area contributed by atoms with Crippen LogP contribution in [0.5, 0.6) is 0 Å². The molecule has 108 valence electrons. The summed E-state index contributed by atoms with van der Waals surface area (Å²) in [5, 5.41) is 14.3. The number of rotatable bonds is 5. The highest BCUT2D eigenvalue weighted by atomic mass is 32.2. The maximum absolute atomic E-state index is 4.37. The van der Waals surface area contributed by atoms with Gasteiger partial charge in [0.2, 0.25) is 0 Å². The SMILES string of the molecule is CC(C)NCCc1nnc(-c2cc3c(s2)CCSC3)s1. The fraction of sp³-hybridized carbons (Fsp3) is 0.571. The Balaban J connectivity index is 1.68. The molecule has 6 heteroatoms. The van der Waals surface area contributed by atoms with Crippen molar-refractivity contribution in [2.45, 2.75) is 38.5 Å². The van der Waals surface area contributed by atoms with E-state index in [9.17, 15) is 0 Å². The highest BCUT2D eigenvalue weighted by molar-refractivity contribution is 7.98. The number of hydrogen-bond acceptors (Lipinski definition) is 6. The molecule has 0 saturated carbocycles. The fourth-order valence-electron chi connectivity index (χ4n) is 2.17. The van der Waals surface area contributed by atoms with Gasteiger partial charge in [-0.2, -0.15) is 11.8 Å². The summed E-state index contributed by atoms with van der Waals surface area (Å²) in [5.41, 5.74) is 1.51. The molecular formula is C14H19N3S3. The topological polar surface area (TPSA) is 37.8 Å². The van der Waals surface area contributed by atoms with E-state index in [1.54, 1.807) is 16.2 Å². The molecule has 0 bridgehead atoms. The predicted octanol–water partition coefficient (Wildman–Crippen LogP) is 3.60. The van der Waals surface area contributed by atoms with Crippen molar-refractivity contribution in [3.8, 4) is 9.88 Å². The van der Waals surface area contributed by atoms with Crippen LogP contribution in [0.15, 0.2) is 6.07 Å². The number of thioether (sulfide) groups is 1. The molecule has 2 aromatic heterocycles. The van der Waals surface area contributed by atoms with E-state index < -0.39 is 0 Å². The second-order valence-corrected chi connectivity index (χ2v) is 8.53. The smallest absolute Gasteiger partial charge is 0.157 e. The summed E-state index contributed by atoms with van der Waals surface area (Å²) in [6.07, 6.45) is 2.19. The Labute approximate surface area is 132 Å². The molecule has 0 unspecified atom stereocenters. The van der Waals surface area contributed by atoms with Crippen molar-refractivity contribution in [1.29, 1.82) is 0 Å². The molecule has 0 aliphatic carbocycles. The Morgan fingerprint density at radius 2 is 2.20 bits per heavy atom. The zero-order valence-electron chi connectivity index (χ0n) is 11.8. The Hall–Kier alpha value is -0.430. The van der Waals surface area contributed by atoms with Crippen molar-refractivity contribution in [3.05, 3.63) is 21.5 Å². The van der Waals surface area contributed by atoms with Crippen molar-refractivity contribution in [2.24, 2.45) is 0 Å². The molecule has 1 N–H and O–H groups in total. The number of nitrogens with one attached hydrogen (secondary N) is 1. The van der Waals surface area contributed by atoms with Gasteiger partial charge in [0, 0.05) is 29.6 Å². The number of aryl methyl sites for hydroxylation is 1. The number of thiophene rings is 1. The molecule has 20 heavy (non-hydrogen) atoms. The predicted molar refractivity (Wildman–Crippen MR) is 89.9 cm³/mol. The lowest BCUT2D eigenvalue weighted by Crippen LogP contribution is -2.24. The van der Waals surface area contributed by atoms with Crippen molar-refractivity contribution in [3.63, 3.8) is 0 Å². The van der Waals surface area contributed by atoms with Crippen LogP contribution >= 0.6 is 34.4 Å². The van der Waals surface area contributed by atoms with Gasteiger partial charge < -0.3 is 5.32 Å². The van der Waals surface area contributed by atoms with Gasteiger partial charge in [0.05, 0.1) is 4.88 Å². The molecular weight excluding hydrogens is 306 g/mol. The van der Waals surface area contributed by atoms with Crippen molar-refractivity contribution in [2.75, 3.05) is 12.3 Å². The van der Waals surface area contributed by atoms with E-state index in [2.05, 4.69) is 35.4 Å². The Kier molecular flexibility index (Phi) is 4.75. The van der Waals surface area contributed by atoms with Gasteiger partial charge in [-0.3, -0.25) is 0 Å². The van der Waals surface area contributed by atoms with Crippen molar-refractivity contribution < 1.29 is 0 Å². The molecule has 2 aromatic rings. The van der Waals surface area contributed by atoms with Crippen LogP contribution in [0.4, 0.5) is 0 Å². The first-order chi connectivity index (χ1) is 9.72. The highest BCUT2D eigenvalue weighted by Crippen LogP contribution is 2.37. The second-order valence-electron chi connectivity index (χ2n) is 5.22. The summed E-state index contributed by atoms with van der Waals surface area (Å²) < 4.78 is 0. The molecule has 3 nitrogen and oxygen atoms in total. The fourth-order valence-corrected chi connectivity index (χ4v) is 5.43. The summed E-state index contributed by atoms with van der Waals surface area (Å²) in [5.74, 6) is 2.42. The maximum Gasteiger partial charge on any atom is 0.157 e. The summed E-state index contributed by atoms with van der Waals surface area (Å²) in [7, 11) is 0. The standard InChI is InChI=1S/C14H19N3S3/c1-9(2)15-5-3-13-16-17-14(20-13)12-7-10-8-18-6-4-11(10)19-12/h7,9,15H,3-6,8H2,1-2H3. The van der Waals surface area contributed by atoms with E-state index in [0.29, 0.717) is 6.04 Å². The van der Waals surface area contributed by atoms with Gasteiger partial charge in [0.15, 0.2) is 5.01 Å². The molecule has 0 saturated heterocycles. The van der Waals surface area contributed by atoms with Gasteiger partial charge in [-0.05, 0) is 23.8 Å². The summed E-state index contributed by atoms with van der Waals surface area (Å²) in [6.45, 7) is 5.31. The van der Waals surface area contributed by atoms with Gasteiger partial charge in [-0.1, -0.05) is 25.2 Å². The van der Waals surface area contributed by atoms with Crippen LogP contribution in [0.3, 0.4) is 0 Å². The van der Waals surface area contributed by atoms with Gasteiger partial charge in [-0.15, -0.1) is 21.5 Å². The first-order valence-electron chi connectivity index (χ1n) is 6.98. The third-order valence-electron chi connectivity index (χ3n) is 3.20. The minimum atomic E-state index is 0.531. The van der Waals surface area contributed by atoms with Crippen LogP contribution in [0, 0.1) is 0 Å². The van der Waals surface area contributed by atoms with Gasteiger partial charge in [0.25, 0.3) is 0 Å². The summed E-state index contributed by atoms with van der Waals surface area (Å²) in [6, 6.07) is 2.85. The van der Waals surface area contributed by atoms with Crippen LogP contribution in [0.1, 0.15) is 29.3 Å². The van der Waals surface area contributed by atoms with E-state index in [1.165, 1.54) is 22.6 Å². The third-order valence-corrected chi connectivity index (χ3v) is 6.59. The van der Waals surface area contributed by atoms with E-state index in [0.717, 1.165) is 28.7 Å². The van der Waals surface area contributed by atoms with Crippen LogP contribution in [-0.4, -0.2) is 28.5 Å². The van der Waals surface area contributed by atoms with Crippen molar-refractivity contribution >= 4 is 34.4 Å². The minimum Gasteiger partial charge on any atom is -0.314 e. The third kappa shape index (κ3) is 3.42. The molecule has 1 aliphatic heterocycles. The van der Waals surface area contributed by atoms with Gasteiger partial charge in [0.1, 0.15) is 5.01 Å². The van der Waals surface area contributed by atoms with Crippen LogP contribution < -0.4 is 5.32 Å². The van der Waals surface area contributed by atoms with Crippen LogP contribution in [-0.2, 0) is 18.6 Å². The lowest BCUT2D eigenvalue weighted by atomic mass is 10.2. The molecule has 0 atom stereocenters. The summed E-state index contributed by atoms with van der Waals surface area (Å²) in [4.78, 5) is 2.86.